The maximum Gasteiger partial charge on any atom is 0.279 e. The second-order valence-corrected chi connectivity index (χ2v) is 7.33. The maximum absolute atomic E-state index is 12.1. The number of likely N-dealkylation sites (N-methyl/N-ethyl adjacent to an activating group) is 1. The molecule has 0 aliphatic heterocycles. The van der Waals surface area contributed by atoms with Gasteiger partial charge in [-0.3, -0.25) is 9.59 Å². The highest BCUT2D eigenvalue weighted by Crippen LogP contribution is 2.39. The fourth-order valence-electron chi connectivity index (χ4n) is 2.58. The Morgan fingerprint density at radius 1 is 1.33 bits per heavy atom. The molecule has 0 bridgehead atoms. The average Bonchev–Trinajstić information content (AvgIpc) is 3.34. The summed E-state index contributed by atoms with van der Waals surface area (Å²) < 4.78 is 0.808. The Hall–Kier alpha value is -1.91. The first kappa shape index (κ1) is 18.4. The van der Waals surface area contributed by atoms with Gasteiger partial charge in [-0.2, -0.15) is 5.26 Å². The number of nitrogens with one attached hydrogen (secondary N) is 3. The van der Waals surface area contributed by atoms with Crippen LogP contribution in [0.3, 0.4) is 0 Å². The number of hydrogen-bond acceptors (Lipinski definition) is 3. The molecule has 1 saturated carbocycles. The third kappa shape index (κ3) is 5.05. The first-order chi connectivity index (χ1) is 11.3. The van der Waals surface area contributed by atoms with Crippen molar-refractivity contribution in [3.8, 4) is 6.07 Å². The number of quaternary nitrogens is 1. The molecule has 128 valence electrons. The van der Waals surface area contributed by atoms with Gasteiger partial charge in [0.25, 0.3) is 11.8 Å². The summed E-state index contributed by atoms with van der Waals surface area (Å²) in [5.74, 6) is -0.139. The highest BCUT2D eigenvalue weighted by molar-refractivity contribution is 9.10. The summed E-state index contributed by atoms with van der Waals surface area (Å²) in [7, 11) is 1.78. The van der Waals surface area contributed by atoms with Gasteiger partial charge in [0.2, 0.25) is 0 Å². The molecule has 0 aromatic heterocycles. The van der Waals surface area contributed by atoms with E-state index >= 15 is 0 Å². The van der Waals surface area contributed by atoms with Crippen molar-refractivity contribution in [2.75, 3.05) is 25.5 Å². The minimum atomic E-state index is -0.797. The van der Waals surface area contributed by atoms with Crippen LogP contribution in [0.25, 0.3) is 0 Å². The number of rotatable bonds is 7. The van der Waals surface area contributed by atoms with Crippen LogP contribution in [-0.4, -0.2) is 37.5 Å². The third-order valence-corrected chi connectivity index (χ3v) is 4.79. The molecule has 24 heavy (non-hydrogen) atoms. The van der Waals surface area contributed by atoms with Crippen LogP contribution in [0.5, 0.6) is 0 Å². The van der Waals surface area contributed by atoms with Gasteiger partial charge >= 0.3 is 0 Å². The van der Waals surface area contributed by atoms with Crippen LogP contribution in [0, 0.1) is 17.2 Å². The second-order valence-electron chi connectivity index (χ2n) is 6.48. The molecule has 1 fully saturated rings. The van der Waals surface area contributed by atoms with E-state index in [4.69, 9.17) is 0 Å². The van der Waals surface area contributed by atoms with Crippen molar-refractivity contribution in [1.29, 1.82) is 5.26 Å². The van der Waals surface area contributed by atoms with Crippen LogP contribution in [-0.2, 0) is 9.59 Å². The lowest BCUT2D eigenvalue weighted by Crippen LogP contribution is -3.11. The van der Waals surface area contributed by atoms with Crippen LogP contribution in [0.15, 0.2) is 28.7 Å². The zero-order valence-electron chi connectivity index (χ0n) is 13.9. The number of amides is 2. The SMILES string of the molecule is C[NH+](CC(=O)Nc1ccccc1Br)CC(=O)N[C@@](C)(C#N)C1CC1. The zero-order valence-corrected chi connectivity index (χ0v) is 15.4. The van der Waals surface area contributed by atoms with Gasteiger partial charge in [0.15, 0.2) is 13.1 Å². The Labute approximate surface area is 150 Å². The number of anilines is 1. The van der Waals surface area contributed by atoms with Crippen molar-refractivity contribution < 1.29 is 14.5 Å². The van der Waals surface area contributed by atoms with Crippen molar-refractivity contribution in [2.24, 2.45) is 5.92 Å². The van der Waals surface area contributed by atoms with Crippen LogP contribution >= 0.6 is 15.9 Å². The topological polar surface area (TPSA) is 86.4 Å². The van der Waals surface area contributed by atoms with Crippen LogP contribution < -0.4 is 15.5 Å². The fraction of sp³-hybridized carbons (Fsp3) is 0.471. The van der Waals surface area contributed by atoms with E-state index < -0.39 is 5.54 Å². The lowest BCUT2D eigenvalue weighted by molar-refractivity contribution is -0.862. The largest absolute Gasteiger partial charge is 0.333 e. The summed E-state index contributed by atoms with van der Waals surface area (Å²) in [6.07, 6.45) is 1.95. The predicted molar refractivity (Wildman–Crippen MR) is 94.3 cm³/mol. The van der Waals surface area contributed by atoms with Crippen LogP contribution in [0.1, 0.15) is 19.8 Å². The van der Waals surface area contributed by atoms with E-state index in [0.717, 1.165) is 22.2 Å². The van der Waals surface area contributed by atoms with Crippen LogP contribution in [0.4, 0.5) is 5.69 Å². The minimum absolute atomic E-state index is 0.146. The molecule has 6 nitrogen and oxygen atoms in total. The van der Waals surface area contributed by atoms with Gasteiger partial charge < -0.3 is 15.5 Å². The number of benzene rings is 1. The van der Waals surface area contributed by atoms with Gasteiger partial charge in [-0.25, -0.2) is 0 Å². The molecule has 0 radical (unpaired) electrons. The standard InChI is InChI=1S/C17H21BrN4O2/c1-17(11-19,12-7-8-12)21-16(24)10-22(2)9-15(23)20-14-6-4-3-5-13(14)18/h3-6,12H,7-10H2,1-2H3,(H,20,23)(H,21,24)/p+1/t17-/m0/s1. The van der Waals surface area contributed by atoms with E-state index in [9.17, 15) is 14.9 Å². The van der Waals surface area contributed by atoms with Crippen molar-refractivity contribution in [3.63, 3.8) is 0 Å². The average molecular weight is 394 g/mol. The van der Waals surface area contributed by atoms with E-state index in [1.807, 2.05) is 18.2 Å². The second kappa shape index (κ2) is 7.77. The molecule has 1 aliphatic carbocycles. The molecule has 0 spiro atoms. The minimum Gasteiger partial charge on any atom is -0.333 e. The quantitative estimate of drug-likeness (QED) is 0.637. The summed E-state index contributed by atoms with van der Waals surface area (Å²) >= 11 is 3.38. The maximum atomic E-state index is 12.1. The molecule has 2 atom stereocenters. The van der Waals surface area contributed by atoms with Gasteiger partial charge in [0, 0.05) is 4.47 Å². The molecule has 7 heteroatoms. The van der Waals surface area contributed by atoms with E-state index in [1.54, 1.807) is 20.0 Å². The smallest absolute Gasteiger partial charge is 0.279 e. The van der Waals surface area contributed by atoms with Gasteiger partial charge in [-0.15, -0.1) is 0 Å². The summed E-state index contributed by atoms with van der Waals surface area (Å²) in [6, 6.07) is 9.56. The molecule has 3 N–H and O–H groups in total. The summed E-state index contributed by atoms with van der Waals surface area (Å²) in [5.41, 5.74) is -0.0975. The van der Waals surface area contributed by atoms with Gasteiger partial charge in [-0.1, -0.05) is 12.1 Å². The highest BCUT2D eigenvalue weighted by atomic mass is 79.9. The number of halogens is 1. The number of carbonyl (C=O) groups excluding carboxylic acids is 2. The Kier molecular flexibility index (Phi) is 5.97. The Balaban J connectivity index is 1.81. The lowest BCUT2D eigenvalue weighted by Gasteiger charge is -2.23. The number of carbonyl (C=O) groups is 2. The Morgan fingerprint density at radius 2 is 1.96 bits per heavy atom. The molecule has 1 aromatic rings. The molecular weight excluding hydrogens is 372 g/mol. The first-order valence-corrected chi connectivity index (χ1v) is 8.71. The molecule has 1 unspecified atom stereocenters. The molecule has 2 amide bonds. The molecular formula is C17H22BrN4O2+. The van der Waals surface area contributed by atoms with Gasteiger partial charge in [0.05, 0.1) is 18.8 Å². The van der Waals surface area contributed by atoms with E-state index in [1.165, 1.54) is 0 Å². The summed E-state index contributed by atoms with van der Waals surface area (Å²) in [4.78, 5) is 25.0. The number of para-hydroxylation sites is 1. The summed E-state index contributed by atoms with van der Waals surface area (Å²) in [6.45, 7) is 2.08. The number of nitrogens with zero attached hydrogens (tertiary/aromatic N) is 1. The molecule has 2 rings (SSSR count). The zero-order chi connectivity index (χ0) is 17.7. The van der Waals surface area contributed by atoms with Crippen LogP contribution in [0.2, 0.25) is 0 Å². The monoisotopic (exact) mass is 393 g/mol. The molecule has 0 saturated heterocycles. The van der Waals surface area contributed by atoms with E-state index in [0.29, 0.717) is 5.69 Å². The third-order valence-electron chi connectivity index (χ3n) is 4.10. The number of nitriles is 1. The number of hydrogen-bond donors (Lipinski definition) is 3. The molecule has 1 aromatic carbocycles. The van der Waals surface area contributed by atoms with Gasteiger partial charge in [0.1, 0.15) is 5.54 Å². The predicted octanol–water partition coefficient (Wildman–Crippen LogP) is 0.711. The highest BCUT2D eigenvalue weighted by Gasteiger charge is 2.43. The van der Waals surface area contributed by atoms with Gasteiger partial charge in [-0.05, 0) is 53.7 Å². The fourth-order valence-corrected chi connectivity index (χ4v) is 2.97. The van der Waals surface area contributed by atoms with E-state index in [-0.39, 0.29) is 30.8 Å². The van der Waals surface area contributed by atoms with E-state index in [2.05, 4.69) is 32.6 Å². The Morgan fingerprint density at radius 3 is 2.54 bits per heavy atom. The molecule has 1 aliphatic rings. The Bertz CT molecular complexity index is 669. The van der Waals surface area contributed by atoms with Crippen molar-refractivity contribution in [1.82, 2.24) is 5.32 Å². The van der Waals surface area contributed by atoms with Crippen molar-refractivity contribution in [3.05, 3.63) is 28.7 Å². The van der Waals surface area contributed by atoms with Crippen molar-refractivity contribution >= 4 is 33.4 Å². The van der Waals surface area contributed by atoms with Crippen molar-refractivity contribution in [2.45, 2.75) is 25.3 Å². The lowest BCUT2D eigenvalue weighted by atomic mass is 9.98. The summed E-state index contributed by atoms with van der Waals surface area (Å²) in [5, 5.41) is 14.9. The molecule has 0 heterocycles. The first-order valence-electron chi connectivity index (χ1n) is 7.92. The normalized spacial score (nSPS) is 17.2.